The Bertz CT molecular complexity index is 625. The first-order valence-corrected chi connectivity index (χ1v) is 7.34. The predicted molar refractivity (Wildman–Crippen MR) is 82.6 cm³/mol. The summed E-state index contributed by atoms with van der Waals surface area (Å²) in [6.45, 7) is 0. The zero-order valence-corrected chi connectivity index (χ0v) is 11.6. The maximum Gasteiger partial charge on any atom is 0.253 e. The Labute approximate surface area is 122 Å². The first-order valence-electron chi connectivity index (χ1n) is 6.46. The Balaban J connectivity index is 1.77. The molecule has 0 bridgehead atoms. The van der Waals surface area contributed by atoms with Gasteiger partial charge >= 0.3 is 0 Å². The number of hydrogen-bond acceptors (Lipinski definition) is 3. The van der Waals surface area contributed by atoms with Crippen molar-refractivity contribution in [2.24, 2.45) is 5.10 Å². The summed E-state index contributed by atoms with van der Waals surface area (Å²) in [7, 11) is 0. The molecule has 1 heterocycles. The molecular weight excluding hydrogens is 268 g/mol. The summed E-state index contributed by atoms with van der Waals surface area (Å²) in [5.74, 6) is -0.0291. The molecule has 0 spiro atoms. The highest BCUT2D eigenvalue weighted by Crippen LogP contribution is 2.25. The van der Waals surface area contributed by atoms with Gasteiger partial charge in [-0.1, -0.05) is 72.4 Å². The van der Waals surface area contributed by atoms with Crippen molar-refractivity contribution in [2.45, 2.75) is 11.7 Å². The Hall–Kier alpha value is -2.07. The molecule has 1 amide bonds. The van der Waals surface area contributed by atoms with Gasteiger partial charge in [-0.3, -0.25) is 4.79 Å². The van der Waals surface area contributed by atoms with Crippen molar-refractivity contribution in [3.05, 3.63) is 71.8 Å². The number of hydrogen-bond donors (Lipinski definition) is 1. The Morgan fingerprint density at radius 3 is 2.35 bits per heavy atom. The topological polar surface area (TPSA) is 41.5 Å². The Morgan fingerprint density at radius 1 is 1.00 bits per heavy atom. The SMILES string of the molecule is O=C1NN=C(c2ccccc2)SC1Cc1ccccc1. The van der Waals surface area contributed by atoms with E-state index in [9.17, 15) is 4.79 Å². The first kappa shape index (κ1) is 12.9. The summed E-state index contributed by atoms with van der Waals surface area (Å²) in [6, 6.07) is 20.0. The van der Waals surface area contributed by atoms with E-state index in [2.05, 4.69) is 10.5 Å². The Kier molecular flexibility index (Phi) is 3.83. The number of nitrogens with one attached hydrogen (secondary N) is 1. The van der Waals surface area contributed by atoms with Crippen molar-refractivity contribution in [2.75, 3.05) is 0 Å². The molecular formula is C16H14N2OS. The van der Waals surface area contributed by atoms with Gasteiger partial charge in [-0.05, 0) is 12.0 Å². The molecule has 4 heteroatoms. The molecule has 0 saturated carbocycles. The molecule has 2 aromatic rings. The Morgan fingerprint density at radius 2 is 1.65 bits per heavy atom. The molecule has 1 N–H and O–H groups in total. The van der Waals surface area contributed by atoms with Crippen molar-refractivity contribution < 1.29 is 4.79 Å². The third-order valence-electron chi connectivity index (χ3n) is 3.10. The average molecular weight is 282 g/mol. The minimum Gasteiger partial charge on any atom is -0.272 e. The van der Waals surface area contributed by atoms with Gasteiger partial charge in [0.15, 0.2) is 0 Å². The van der Waals surface area contributed by atoms with Crippen LogP contribution in [0, 0.1) is 0 Å². The fourth-order valence-electron chi connectivity index (χ4n) is 2.07. The van der Waals surface area contributed by atoms with Gasteiger partial charge in [0.05, 0.1) is 5.25 Å². The zero-order valence-electron chi connectivity index (χ0n) is 10.8. The largest absolute Gasteiger partial charge is 0.272 e. The van der Waals surface area contributed by atoms with Gasteiger partial charge in [-0.2, -0.15) is 5.10 Å². The van der Waals surface area contributed by atoms with Crippen molar-refractivity contribution in [1.82, 2.24) is 5.43 Å². The van der Waals surface area contributed by atoms with Gasteiger partial charge in [0.1, 0.15) is 5.04 Å². The van der Waals surface area contributed by atoms with E-state index in [-0.39, 0.29) is 11.2 Å². The number of rotatable bonds is 3. The van der Waals surface area contributed by atoms with E-state index >= 15 is 0 Å². The van der Waals surface area contributed by atoms with Crippen LogP contribution in [0.4, 0.5) is 0 Å². The van der Waals surface area contributed by atoms with Crippen molar-refractivity contribution >= 4 is 22.7 Å². The number of thioether (sulfide) groups is 1. The fraction of sp³-hybridized carbons (Fsp3) is 0.125. The average Bonchev–Trinajstić information content (AvgIpc) is 2.51. The van der Waals surface area contributed by atoms with Crippen LogP contribution in [0.3, 0.4) is 0 Å². The van der Waals surface area contributed by atoms with Gasteiger partial charge in [-0.25, -0.2) is 5.43 Å². The minimum atomic E-state index is -0.134. The van der Waals surface area contributed by atoms with Gasteiger partial charge in [0.25, 0.3) is 5.91 Å². The van der Waals surface area contributed by atoms with Crippen LogP contribution in [0.1, 0.15) is 11.1 Å². The smallest absolute Gasteiger partial charge is 0.253 e. The number of hydrazone groups is 1. The second kappa shape index (κ2) is 5.92. The molecule has 1 aliphatic rings. The second-order valence-electron chi connectivity index (χ2n) is 4.56. The molecule has 20 heavy (non-hydrogen) atoms. The second-order valence-corrected chi connectivity index (χ2v) is 5.75. The summed E-state index contributed by atoms with van der Waals surface area (Å²) >= 11 is 1.53. The van der Waals surface area contributed by atoms with Gasteiger partial charge in [-0.15, -0.1) is 0 Å². The van der Waals surface area contributed by atoms with Gasteiger partial charge in [0.2, 0.25) is 0 Å². The van der Waals surface area contributed by atoms with Crippen molar-refractivity contribution in [3.63, 3.8) is 0 Å². The lowest BCUT2D eigenvalue weighted by Crippen LogP contribution is -2.36. The van der Waals surface area contributed by atoms with E-state index in [1.54, 1.807) is 0 Å². The van der Waals surface area contributed by atoms with Gasteiger partial charge in [0, 0.05) is 5.56 Å². The molecule has 1 atom stereocenters. The van der Waals surface area contributed by atoms with Crippen molar-refractivity contribution in [3.8, 4) is 0 Å². The molecule has 1 unspecified atom stereocenters. The number of carbonyl (C=O) groups excluding carboxylic acids is 1. The van der Waals surface area contributed by atoms with Crippen LogP contribution in [0.5, 0.6) is 0 Å². The molecule has 0 saturated heterocycles. The highest BCUT2D eigenvalue weighted by Gasteiger charge is 2.26. The zero-order chi connectivity index (χ0) is 13.8. The maximum absolute atomic E-state index is 11.9. The third kappa shape index (κ3) is 2.91. The van der Waals surface area contributed by atoms with Crippen LogP contribution in [0.15, 0.2) is 65.8 Å². The van der Waals surface area contributed by atoms with Crippen LogP contribution in [-0.2, 0) is 11.2 Å². The molecule has 0 radical (unpaired) electrons. The van der Waals surface area contributed by atoms with E-state index in [1.165, 1.54) is 11.8 Å². The molecule has 0 aliphatic carbocycles. The summed E-state index contributed by atoms with van der Waals surface area (Å²) in [6.07, 6.45) is 0.712. The number of carbonyl (C=O) groups is 1. The summed E-state index contributed by atoms with van der Waals surface area (Å²) in [5.41, 5.74) is 4.83. The highest BCUT2D eigenvalue weighted by molar-refractivity contribution is 8.15. The van der Waals surface area contributed by atoms with E-state index in [1.807, 2.05) is 60.7 Å². The minimum absolute atomic E-state index is 0.0291. The fourth-order valence-corrected chi connectivity index (χ4v) is 3.14. The predicted octanol–water partition coefficient (Wildman–Crippen LogP) is 2.82. The number of amides is 1. The van der Waals surface area contributed by atoms with E-state index in [4.69, 9.17) is 0 Å². The molecule has 100 valence electrons. The van der Waals surface area contributed by atoms with Crippen LogP contribution in [-0.4, -0.2) is 16.2 Å². The molecule has 3 nitrogen and oxygen atoms in total. The van der Waals surface area contributed by atoms with Crippen LogP contribution >= 0.6 is 11.8 Å². The summed E-state index contributed by atoms with van der Waals surface area (Å²) < 4.78 is 0. The van der Waals surface area contributed by atoms with Gasteiger partial charge < -0.3 is 0 Å². The lowest BCUT2D eigenvalue weighted by atomic mass is 10.1. The molecule has 2 aromatic carbocycles. The van der Waals surface area contributed by atoms with E-state index in [0.717, 1.165) is 16.2 Å². The number of nitrogens with zero attached hydrogens (tertiary/aromatic N) is 1. The first-order chi connectivity index (χ1) is 9.83. The maximum atomic E-state index is 11.9. The number of benzene rings is 2. The quantitative estimate of drug-likeness (QED) is 0.940. The highest BCUT2D eigenvalue weighted by atomic mass is 32.2. The lowest BCUT2D eigenvalue weighted by Gasteiger charge is -2.20. The van der Waals surface area contributed by atoms with Crippen molar-refractivity contribution in [1.29, 1.82) is 0 Å². The summed E-state index contributed by atoms with van der Waals surface area (Å²) in [5, 5.41) is 4.89. The summed E-state index contributed by atoms with van der Waals surface area (Å²) in [4.78, 5) is 11.9. The monoisotopic (exact) mass is 282 g/mol. The van der Waals surface area contributed by atoms with Crippen LogP contribution in [0.2, 0.25) is 0 Å². The molecule has 0 fully saturated rings. The molecule has 3 rings (SSSR count). The van der Waals surface area contributed by atoms with Crippen LogP contribution in [0.25, 0.3) is 0 Å². The lowest BCUT2D eigenvalue weighted by molar-refractivity contribution is -0.120. The van der Waals surface area contributed by atoms with E-state index < -0.39 is 0 Å². The molecule has 0 aromatic heterocycles. The molecule has 1 aliphatic heterocycles. The third-order valence-corrected chi connectivity index (χ3v) is 4.31. The standard InChI is InChI=1S/C16H14N2OS/c19-15-14(11-12-7-3-1-4-8-12)20-16(18-17-15)13-9-5-2-6-10-13/h1-10,14H,11H2,(H,17,19). The normalized spacial score (nSPS) is 18.3. The van der Waals surface area contributed by atoms with Crippen LogP contribution < -0.4 is 5.43 Å². The van der Waals surface area contributed by atoms with E-state index in [0.29, 0.717) is 6.42 Å².